The summed E-state index contributed by atoms with van der Waals surface area (Å²) in [4.78, 5) is 70.7. The first-order valence-electron chi connectivity index (χ1n) is 17.3. The van der Waals surface area contributed by atoms with Crippen LogP contribution >= 0.6 is 0 Å². The molecule has 1 aliphatic rings. The molecule has 0 aromatic heterocycles. The van der Waals surface area contributed by atoms with E-state index in [2.05, 4.69) is 10.6 Å². The Bertz CT molecular complexity index is 1470. The van der Waals surface area contributed by atoms with Crippen LogP contribution in [0.1, 0.15) is 57.5 Å². The third kappa shape index (κ3) is 14.4. The summed E-state index contributed by atoms with van der Waals surface area (Å²) in [5.74, 6) is -5.81. The number of anilines is 2. The summed E-state index contributed by atoms with van der Waals surface area (Å²) in [7, 11) is 0. The summed E-state index contributed by atoms with van der Waals surface area (Å²) >= 11 is 0. The molecule has 2 atom stereocenters. The van der Waals surface area contributed by atoms with Crippen LogP contribution in [0.25, 0.3) is 0 Å². The quantitative estimate of drug-likeness (QED) is 0.0531. The van der Waals surface area contributed by atoms with Crippen molar-refractivity contribution in [2.24, 2.45) is 0 Å². The van der Waals surface area contributed by atoms with Gasteiger partial charge in [-0.25, -0.2) is 9.59 Å². The van der Waals surface area contributed by atoms with Crippen LogP contribution in [-0.4, -0.2) is 147 Å². The van der Waals surface area contributed by atoms with Gasteiger partial charge in [0.05, 0.1) is 76.8 Å². The van der Waals surface area contributed by atoms with Crippen LogP contribution in [0.2, 0.25) is 0 Å². The van der Waals surface area contributed by atoms with Crippen molar-refractivity contribution in [3.8, 4) is 0 Å². The molecule has 0 aliphatic heterocycles. The number of carboxylic acids is 4. The average Bonchev–Trinajstić information content (AvgIpc) is 3.13. The molecule has 0 heterocycles. The topological polar surface area (TPSA) is 263 Å². The monoisotopic (exact) mass is 762 g/mol. The Kier molecular flexibility index (Phi) is 19.0. The van der Waals surface area contributed by atoms with Crippen molar-refractivity contribution in [2.75, 3.05) is 89.8 Å². The molecule has 0 saturated heterocycles. The van der Waals surface area contributed by atoms with Gasteiger partial charge >= 0.3 is 23.9 Å². The molecule has 2 aromatic carbocycles. The van der Waals surface area contributed by atoms with E-state index in [9.17, 15) is 28.8 Å². The highest BCUT2D eigenvalue weighted by atomic mass is 16.6. The zero-order valence-electron chi connectivity index (χ0n) is 29.6. The number of benzene rings is 2. The normalized spacial score (nSPS) is 13.1. The number of ether oxygens (including phenoxy) is 6. The smallest absolute Gasteiger partial charge is 0.333 e. The number of fused-ring (bicyclic) bond motifs is 2. The second kappa shape index (κ2) is 23.6. The lowest BCUT2D eigenvalue weighted by Gasteiger charge is -2.24. The van der Waals surface area contributed by atoms with Gasteiger partial charge in [0.25, 0.3) is 0 Å². The van der Waals surface area contributed by atoms with E-state index in [1.807, 2.05) is 0 Å². The maximum absolute atomic E-state index is 13.7. The summed E-state index contributed by atoms with van der Waals surface area (Å²) in [6.45, 7) is 2.57. The van der Waals surface area contributed by atoms with Crippen LogP contribution in [0.4, 0.5) is 11.4 Å². The molecule has 1 aliphatic carbocycles. The van der Waals surface area contributed by atoms with E-state index in [0.29, 0.717) is 61.6 Å². The zero-order chi connectivity index (χ0) is 39.3. The molecular formula is C36H46N2O16. The molecule has 0 spiro atoms. The summed E-state index contributed by atoms with van der Waals surface area (Å²) in [6, 6.07) is 10.2. The predicted octanol–water partition coefficient (Wildman–Crippen LogP) is 2.02. The average molecular weight is 763 g/mol. The fraction of sp³-hybridized carbons (Fsp3) is 0.500. The number of hydrogen-bond acceptors (Lipinski definition) is 14. The fourth-order valence-corrected chi connectivity index (χ4v) is 5.21. The number of aliphatic carboxylic acids is 4. The molecule has 0 amide bonds. The third-order valence-corrected chi connectivity index (χ3v) is 7.75. The van der Waals surface area contributed by atoms with E-state index in [-0.39, 0.29) is 75.5 Å². The molecule has 0 radical (unpaired) electrons. The molecule has 0 saturated carbocycles. The predicted molar refractivity (Wildman–Crippen MR) is 188 cm³/mol. The van der Waals surface area contributed by atoms with E-state index in [1.165, 1.54) is 0 Å². The molecule has 18 nitrogen and oxygen atoms in total. The fourth-order valence-electron chi connectivity index (χ4n) is 5.21. The molecule has 3 rings (SSSR count). The molecule has 54 heavy (non-hydrogen) atoms. The molecule has 18 heteroatoms. The summed E-state index contributed by atoms with van der Waals surface area (Å²) in [5.41, 5.74) is 2.25. The van der Waals surface area contributed by atoms with Crippen molar-refractivity contribution in [2.45, 2.75) is 37.9 Å². The second-order valence-electron chi connectivity index (χ2n) is 11.7. The van der Waals surface area contributed by atoms with Crippen LogP contribution in [0.3, 0.4) is 0 Å². The Morgan fingerprint density at radius 3 is 1.22 bits per heavy atom. The van der Waals surface area contributed by atoms with E-state index >= 15 is 0 Å². The van der Waals surface area contributed by atoms with Gasteiger partial charge in [-0.2, -0.15) is 0 Å². The van der Waals surface area contributed by atoms with Gasteiger partial charge in [0.1, 0.15) is 0 Å². The van der Waals surface area contributed by atoms with E-state index in [4.69, 9.17) is 48.8 Å². The van der Waals surface area contributed by atoms with Crippen LogP contribution in [-0.2, 0) is 47.6 Å². The van der Waals surface area contributed by atoms with E-state index in [1.54, 1.807) is 36.4 Å². The SMILES string of the molecule is O=C(O)CC(OCCOCCOCCCNc1ccc(NCCCOCCOCCOC(CC(=O)O)C(=O)O)c2c1C(=O)c1ccccc1C2=O)C(=O)O. The van der Waals surface area contributed by atoms with Gasteiger partial charge in [-0.15, -0.1) is 0 Å². The lowest BCUT2D eigenvalue weighted by Crippen LogP contribution is -2.28. The van der Waals surface area contributed by atoms with Gasteiger partial charge < -0.3 is 59.5 Å². The third-order valence-electron chi connectivity index (χ3n) is 7.75. The number of carbonyl (C=O) groups excluding carboxylic acids is 2. The minimum absolute atomic E-state index is 0.0704. The zero-order valence-corrected chi connectivity index (χ0v) is 29.6. The van der Waals surface area contributed by atoms with Crippen LogP contribution in [0, 0.1) is 0 Å². The molecule has 6 N–H and O–H groups in total. The number of rotatable bonds is 30. The van der Waals surface area contributed by atoms with E-state index in [0.717, 1.165) is 0 Å². The Balaban J connectivity index is 1.39. The Hall–Kier alpha value is -4.98. The van der Waals surface area contributed by atoms with Crippen LogP contribution in [0.15, 0.2) is 36.4 Å². The summed E-state index contributed by atoms with van der Waals surface area (Å²) < 4.78 is 31.9. The minimum Gasteiger partial charge on any atom is -0.481 e. The highest BCUT2D eigenvalue weighted by molar-refractivity contribution is 6.31. The first-order chi connectivity index (χ1) is 26.0. The first-order valence-corrected chi connectivity index (χ1v) is 17.3. The molecule has 296 valence electrons. The second-order valence-corrected chi connectivity index (χ2v) is 11.7. The maximum Gasteiger partial charge on any atom is 0.333 e. The number of hydrogen-bond donors (Lipinski definition) is 6. The van der Waals surface area contributed by atoms with Gasteiger partial charge in [0.15, 0.2) is 23.8 Å². The van der Waals surface area contributed by atoms with Crippen molar-refractivity contribution in [1.82, 2.24) is 0 Å². The Morgan fingerprint density at radius 1 is 0.519 bits per heavy atom. The molecule has 2 aromatic rings. The van der Waals surface area contributed by atoms with Crippen molar-refractivity contribution < 1.29 is 77.6 Å². The number of ketones is 2. The van der Waals surface area contributed by atoms with Gasteiger partial charge in [-0.3, -0.25) is 19.2 Å². The van der Waals surface area contributed by atoms with Crippen molar-refractivity contribution in [3.63, 3.8) is 0 Å². The maximum atomic E-state index is 13.7. The van der Waals surface area contributed by atoms with Gasteiger partial charge in [-0.05, 0) is 25.0 Å². The van der Waals surface area contributed by atoms with Crippen LogP contribution in [0.5, 0.6) is 0 Å². The summed E-state index contributed by atoms with van der Waals surface area (Å²) in [6.07, 6.45) is -3.04. The highest BCUT2D eigenvalue weighted by Gasteiger charge is 2.33. The number of carboxylic acid groups (broad SMARTS) is 4. The lowest BCUT2D eigenvalue weighted by molar-refractivity contribution is -0.157. The van der Waals surface area contributed by atoms with Gasteiger partial charge in [0.2, 0.25) is 0 Å². The molecule has 0 fully saturated rings. The molecule has 0 bridgehead atoms. The van der Waals surface area contributed by atoms with Crippen molar-refractivity contribution >= 4 is 46.8 Å². The standard InChI is InChI=1S/C36H46N2O16/c39-29(40)21-27(35(45)46)53-19-17-51-15-13-49-11-3-9-37-25-7-8-26(32-31(25)33(43)23-5-1-2-6-24(23)34(32)44)38-10-4-12-50-14-16-52-18-20-54-28(36(47)48)22-30(41)42/h1-2,5-8,27-28,37-38H,3-4,9-22H2,(H,39,40)(H,41,42)(H,45,46)(H,47,48). The Labute approximate surface area is 310 Å². The van der Waals surface area contributed by atoms with Crippen molar-refractivity contribution in [3.05, 3.63) is 58.7 Å². The Morgan fingerprint density at radius 2 is 0.870 bits per heavy atom. The number of carbonyl (C=O) groups is 6. The largest absolute Gasteiger partial charge is 0.481 e. The molecule has 2 unspecified atom stereocenters. The van der Waals surface area contributed by atoms with Gasteiger partial charge in [0, 0.05) is 48.8 Å². The summed E-state index contributed by atoms with van der Waals surface area (Å²) in [5, 5.41) is 41.9. The van der Waals surface area contributed by atoms with Crippen molar-refractivity contribution in [1.29, 1.82) is 0 Å². The highest BCUT2D eigenvalue weighted by Crippen LogP contribution is 2.36. The first kappa shape index (κ1) is 43.4. The minimum atomic E-state index is -1.44. The van der Waals surface area contributed by atoms with Gasteiger partial charge in [-0.1, -0.05) is 24.3 Å². The van der Waals surface area contributed by atoms with Crippen LogP contribution < -0.4 is 10.6 Å². The lowest BCUT2D eigenvalue weighted by atomic mass is 9.82. The molecular weight excluding hydrogens is 716 g/mol. The van der Waals surface area contributed by atoms with E-state index < -0.39 is 48.9 Å². The number of nitrogens with one attached hydrogen (secondary N) is 2.